The monoisotopic (exact) mass is 2080 g/mol. The van der Waals surface area contributed by atoms with Crippen molar-refractivity contribution in [3.63, 3.8) is 0 Å². The van der Waals surface area contributed by atoms with E-state index in [-0.39, 0.29) is 72.6 Å². The van der Waals surface area contributed by atoms with Crippen molar-refractivity contribution in [3.8, 4) is 38.6 Å². The first-order valence-electron chi connectivity index (χ1n) is 45.7. The van der Waals surface area contributed by atoms with Gasteiger partial charge in [-0.1, -0.05) is 132 Å². The van der Waals surface area contributed by atoms with Crippen LogP contribution < -0.4 is 55.4 Å². The summed E-state index contributed by atoms with van der Waals surface area (Å²) in [6.07, 6.45) is 13.2. The first-order chi connectivity index (χ1) is 64.3. The molecule has 15 rings (SSSR count). The fraction of sp³-hybridized carbons (Fsp3) is 0.667. The number of alkyl halides is 1. The molecule has 3 aromatic carbocycles. The van der Waals surface area contributed by atoms with Gasteiger partial charge in [0.2, 0.25) is 4.38 Å². The summed E-state index contributed by atoms with van der Waals surface area (Å²) in [6, 6.07) is 11.0. The van der Waals surface area contributed by atoms with Gasteiger partial charge in [0.05, 0.1) is 93.3 Å². The number of aliphatic hydroxyl groups excluding tert-OH is 1. The van der Waals surface area contributed by atoms with Crippen molar-refractivity contribution in [3.05, 3.63) is 84.9 Å². The molecule has 3 aromatic heterocycles. The number of carboxylic acid groups (broad SMARTS) is 1. The number of methoxy groups -OCH3 is 3. The van der Waals surface area contributed by atoms with Crippen LogP contribution in [0.3, 0.4) is 0 Å². The molecule has 11 atom stereocenters. The van der Waals surface area contributed by atoms with Gasteiger partial charge in [-0.3, -0.25) is 10.5 Å². The van der Waals surface area contributed by atoms with Crippen molar-refractivity contribution >= 4 is 172 Å². The molecule has 2 saturated heterocycles. The lowest BCUT2D eigenvalue weighted by atomic mass is 9.43. The number of carbonyl (C=O) groups is 4. The second-order valence-corrected chi connectivity index (χ2v) is 45.3. The molecule has 10 N–H and O–H groups in total. The summed E-state index contributed by atoms with van der Waals surface area (Å²) in [6.45, 7) is 43.0. The van der Waals surface area contributed by atoms with E-state index < -0.39 is 50.6 Å². The SMILES string of the molecule is CC(C)(C)OC(=O)NCCOc1n[nH]c(=S)s1.CCCCOC(=O)c1c(OC)ccc(C[C@@H](Cl)B2OC3CC4CC(C4(C)C)[C@]3(C)O2)c1C.CCCO.CCCOC(=S)NN.CCCOC(=S)SC.CCCOc1nnc(S[C@@H](Cc2ccc(OC)c(C(=O)OC(C)(C)C)c2C)B2OC3CC4CC(C4(C)C)[C@]3(C)O2)s1.COc1ccc2c(c1C(=O)O)OB(O)[C@@H](Sc1nnc(OCCN)s1)C2. The number of H-pyrrole nitrogens is 1. The molecular weight excluding hydrogens is 1950 g/mol. The van der Waals surface area contributed by atoms with Gasteiger partial charge in [0, 0.05) is 13.2 Å². The number of hydrazine groups is 1. The molecule has 756 valence electrons. The number of rotatable bonds is 34. The number of esters is 2. The topological polar surface area (TPSA) is 433 Å². The number of aromatic nitrogens is 6. The van der Waals surface area contributed by atoms with Gasteiger partial charge in [-0.2, -0.15) is 0 Å². The van der Waals surface area contributed by atoms with Gasteiger partial charge in [-0.15, -0.1) is 26.9 Å². The second kappa shape index (κ2) is 54.8. The van der Waals surface area contributed by atoms with E-state index in [1.54, 1.807) is 58.9 Å². The molecule has 33 nitrogen and oxygen atoms in total. The smallest absolute Gasteiger partial charge is 0.534 e. The molecule has 6 aliphatic carbocycles. The number of nitrogens with two attached hydrogens (primary N) is 2. The molecule has 6 heterocycles. The molecule has 6 aromatic rings. The number of ether oxygens (including phenoxy) is 11. The second-order valence-electron chi connectivity index (χ2n) is 36.5. The fourth-order valence-electron chi connectivity index (χ4n) is 16.7. The standard InChI is InChI=1S/C30H43BN2O6S2.C25H36BClO5.C14H16BN3O6S2.C9H15N3O3S2.C5H10OS2.C4H10N2OS.C3H8O/c1-10-13-36-26-32-33-27(41-26)40-23(31-38-22-16-19-15-21(29(19,6)7)30(22,8)39-31)14-18-11-12-20(35-9)24(17(18)2)25(34)37-28(3,4)5;1-7-8-11-30-23(28)22-15(2)16(9-10-18(22)29-6)12-21(27)26-31-20-14-17-13-19(24(17,3)4)25(20,5)32-26;1-22-8-3-2-7-6-9(15(21)24-11(7)10(8)12(19)20)25-14-18-17-13(26-14)23-5-4-16;1-9(2,3)15-6(13)10-4-5-14-7-11-12-8(16)17-7;1-3-4-6-5(7)8-2;1-2-3-7-4(8)6-5;1-2-3-4/h11-12,19,21-23H,10,13-16H2,1-9H3;9-10,17,19-21H,7-8,11-14H2,1-6H3;2-3,9,21H,4-6,16H2,1H3,(H,19,20);4-5H2,1-3H3,(H,10,13)(H,12,16);3-4H2,1-2H3;2-3,5H2,1H3,(H,6,8);4H,2-3H2,1H3/t19?,21?,22?,23-,30-;17?,19?,20?,21-,25+;9-;;;;/m010..../s1. The number of benzene rings is 3. The van der Waals surface area contributed by atoms with Crippen LogP contribution in [-0.2, 0) is 61.6 Å². The van der Waals surface area contributed by atoms with Crippen LogP contribution in [0.25, 0.3) is 0 Å². The van der Waals surface area contributed by atoms with Crippen LogP contribution in [0.4, 0.5) is 4.79 Å². The number of aromatic amines is 1. The zero-order valence-electron chi connectivity index (χ0n) is 82.4. The normalized spacial score (nSPS) is 21.1. The Labute approximate surface area is 847 Å². The summed E-state index contributed by atoms with van der Waals surface area (Å²) in [7, 11) is 2.44. The Bertz CT molecular complexity index is 4880. The molecule has 136 heavy (non-hydrogen) atoms. The third kappa shape index (κ3) is 32.6. The van der Waals surface area contributed by atoms with Crippen molar-refractivity contribution in [2.24, 2.45) is 46.1 Å². The van der Waals surface area contributed by atoms with E-state index in [4.69, 9.17) is 128 Å². The summed E-state index contributed by atoms with van der Waals surface area (Å²) in [5.74, 6) is 6.64. The number of thiocarbonyl (C=S) groups is 2. The van der Waals surface area contributed by atoms with Crippen LogP contribution in [-0.4, -0.2) is 238 Å². The Hall–Kier alpha value is -6.37. The van der Waals surface area contributed by atoms with E-state index >= 15 is 0 Å². The van der Waals surface area contributed by atoms with Crippen molar-refractivity contribution in [2.75, 3.05) is 86.9 Å². The molecule has 6 unspecified atom stereocenters. The Morgan fingerprint density at radius 3 is 1.68 bits per heavy atom. The Morgan fingerprint density at radius 2 is 1.17 bits per heavy atom. The first kappa shape index (κ1) is 117. The van der Waals surface area contributed by atoms with E-state index in [1.807, 2.05) is 79.0 Å². The van der Waals surface area contributed by atoms with E-state index in [1.165, 1.54) is 77.5 Å². The largest absolute Gasteiger partial charge is 0.537 e. The van der Waals surface area contributed by atoms with E-state index in [0.29, 0.717) is 158 Å². The summed E-state index contributed by atoms with van der Waals surface area (Å²) in [5.41, 5.74) is 11.6. The molecule has 9 aliphatic rings. The number of unbranched alkanes of at least 4 members (excludes halogenated alkanes) is 1. The van der Waals surface area contributed by atoms with Gasteiger partial charge < -0.3 is 102 Å². The average Bonchev–Trinajstić information content (AvgIpc) is 1.47. The predicted octanol–water partition coefficient (Wildman–Crippen LogP) is 17.4. The number of fused-ring (bicyclic) bond motifs is 1. The Morgan fingerprint density at radius 1 is 0.654 bits per heavy atom. The quantitative estimate of drug-likeness (QED) is 0.00214. The summed E-state index contributed by atoms with van der Waals surface area (Å²) in [4.78, 5) is 48.8. The number of nitrogens with zero attached hydrogens (tertiary/aromatic N) is 5. The van der Waals surface area contributed by atoms with E-state index in [9.17, 15) is 29.3 Å². The lowest BCUT2D eigenvalue weighted by molar-refractivity contribution is -0.199. The fourth-order valence-corrected chi connectivity index (χ4v) is 22.2. The van der Waals surface area contributed by atoms with Gasteiger partial charge in [0.25, 0.3) is 20.8 Å². The third-order valence-electron chi connectivity index (χ3n) is 23.9. The summed E-state index contributed by atoms with van der Waals surface area (Å²) in [5, 5.41) is 54.0. The van der Waals surface area contributed by atoms with Gasteiger partial charge in [-0.25, -0.2) is 25.0 Å². The zero-order valence-corrected chi connectivity index (χ0v) is 90.5. The minimum atomic E-state index is -1.20. The molecule has 0 radical (unpaired) electrons. The molecular formula is C90H138B3ClN10O23S9. The number of aromatic carboxylic acids is 1. The number of alkyl carbamates (subject to hydrolysis) is 1. The molecule has 6 saturated carbocycles. The van der Waals surface area contributed by atoms with E-state index in [2.05, 4.69) is 116 Å². The lowest BCUT2D eigenvalue weighted by Gasteiger charge is -2.64. The highest BCUT2D eigenvalue weighted by atomic mass is 35.5. The highest BCUT2D eigenvalue weighted by molar-refractivity contribution is 8.22. The van der Waals surface area contributed by atoms with Gasteiger partial charge in [0.15, 0.2) is 12.6 Å². The van der Waals surface area contributed by atoms with Crippen molar-refractivity contribution in [2.45, 2.75) is 274 Å². The molecule has 46 heteroatoms. The maximum Gasteiger partial charge on any atom is 0.537 e. The van der Waals surface area contributed by atoms with Gasteiger partial charge >= 0.3 is 45.4 Å². The van der Waals surface area contributed by atoms with Gasteiger partial charge in [-0.05, 0) is 304 Å². The third-order valence-corrected chi connectivity index (χ3v) is 30.8. The minimum absolute atomic E-state index is 0.0690. The molecule has 0 spiro atoms. The van der Waals surface area contributed by atoms with Crippen LogP contribution >= 0.6 is 118 Å². The lowest BCUT2D eigenvalue weighted by Crippen LogP contribution is -2.65. The van der Waals surface area contributed by atoms with Crippen LogP contribution in [0, 0.1) is 52.3 Å². The Kier molecular flexibility index (Phi) is 46.9. The van der Waals surface area contributed by atoms with Crippen molar-refractivity contribution in [1.82, 2.24) is 41.3 Å². The number of halogens is 1. The summed E-state index contributed by atoms with van der Waals surface area (Å²) >= 11 is 29.3. The molecule has 4 bridgehead atoms. The van der Waals surface area contributed by atoms with Crippen LogP contribution in [0.15, 0.2) is 45.1 Å². The highest BCUT2D eigenvalue weighted by Gasteiger charge is 2.70. The van der Waals surface area contributed by atoms with Gasteiger partial charge in [0.1, 0.15) is 64.1 Å². The van der Waals surface area contributed by atoms with Crippen LogP contribution in [0.2, 0.25) is 0 Å². The summed E-state index contributed by atoms with van der Waals surface area (Å²) < 4.78 is 93.2. The number of carboxylic acids is 1. The van der Waals surface area contributed by atoms with Crippen LogP contribution in [0.5, 0.6) is 38.6 Å². The molecule has 8 fully saturated rings. The Balaban J connectivity index is 0.000000238. The number of hydrogen-bond donors (Lipinski definition) is 8. The maximum absolute atomic E-state index is 13.3. The minimum Gasteiger partial charge on any atom is -0.534 e. The average molecular weight is 2080 g/mol. The first-order valence-corrected chi connectivity index (χ1v) is 52.8. The van der Waals surface area contributed by atoms with Crippen molar-refractivity contribution in [1.29, 1.82) is 0 Å². The van der Waals surface area contributed by atoms with Crippen LogP contribution in [0.1, 0.15) is 241 Å². The number of carbonyl (C=O) groups excluding carboxylic acids is 3. The molecule has 1 amide bonds. The predicted molar refractivity (Wildman–Crippen MR) is 548 cm³/mol. The zero-order chi connectivity index (χ0) is 101. The number of nitrogens with one attached hydrogen (secondary N) is 3. The number of hydrogen-bond acceptors (Lipinski definition) is 38. The number of aliphatic hydroxyl groups is 1. The number of amides is 1. The highest BCUT2D eigenvalue weighted by Crippen LogP contribution is 2.67. The maximum atomic E-state index is 13.3. The van der Waals surface area contributed by atoms with E-state index in [0.717, 1.165) is 84.6 Å². The molecule has 3 aliphatic heterocycles. The van der Waals surface area contributed by atoms with Crippen molar-refractivity contribution < 1.29 is 110 Å². The number of thioether (sulfide) groups is 3.